The van der Waals surface area contributed by atoms with E-state index in [4.69, 9.17) is 13.9 Å². The van der Waals surface area contributed by atoms with Crippen LogP contribution in [0, 0.1) is 13.8 Å². The van der Waals surface area contributed by atoms with Crippen molar-refractivity contribution in [2.75, 3.05) is 11.9 Å². The number of aryl methyl sites for hydroxylation is 2. The van der Waals surface area contributed by atoms with Crippen LogP contribution < -0.4 is 14.8 Å². The zero-order valence-corrected chi connectivity index (χ0v) is 14.4. The van der Waals surface area contributed by atoms with Gasteiger partial charge in [-0.1, -0.05) is 34.4 Å². The highest BCUT2D eigenvalue weighted by Crippen LogP contribution is 2.31. The van der Waals surface area contributed by atoms with Gasteiger partial charge in [-0.2, -0.15) is 0 Å². The molecule has 1 amide bonds. The van der Waals surface area contributed by atoms with Crippen molar-refractivity contribution in [3.05, 3.63) is 53.6 Å². The van der Waals surface area contributed by atoms with Gasteiger partial charge >= 0.3 is 6.01 Å². The summed E-state index contributed by atoms with van der Waals surface area (Å²) in [5.74, 6) is 1.08. The first-order chi connectivity index (χ1) is 12.6. The minimum absolute atomic E-state index is 0.0200. The van der Waals surface area contributed by atoms with E-state index in [0.29, 0.717) is 17.4 Å². The zero-order valence-electron chi connectivity index (χ0n) is 14.4. The molecule has 1 unspecified atom stereocenters. The quantitative estimate of drug-likeness (QED) is 0.780. The molecule has 132 valence electrons. The molecule has 1 atom stereocenters. The molecule has 0 radical (unpaired) electrons. The molecular weight excluding hydrogens is 334 g/mol. The smallest absolute Gasteiger partial charge is 0.322 e. The van der Waals surface area contributed by atoms with Crippen LogP contribution in [0.3, 0.4) is 0 Å². The monoisotopic (exact) mass is 351 g/mol. The molecule has 0 saturated carbocycles. The topological polar surface area (TPSA) is 86.5 Å². The molecule has 3 aromatic rings. The lowest BCUT2D eigenvalue weighted by molar-refractivity contribution is -0.125. The Morgan fingerprint density at radius 1 is 1.08 bits per heavy atom. The second-order valence-corrected chi connectivity index (χ2v) is 6.14. The van der Waals surface area contributed by atoms with Crippen molar-refractivity contribution in [3.63, 3.8) is 0 Å². The minimum Gasteiger partial charge on any atom is -0.485 e. The fourth-order valence-corrected chi connectivity index (χ4v) is 2.82. The molecule has 1 aromatic heterocycles. The number of nitrogens with zero attached hydrogens (tertiary/aromatic N) is 2. The molecule has 1 N–H and O–H groups in total. The number of ether oxygens (including phenoxy) is 2. The lowest BCUT2D eigenvalue weighted by atomic mass is 10.1. The Morgan fingerprint density at radius 2 is 1.81 bits per heavy atom. The van der Waals surface area contributed by atoms with Crippen molar-refractivity contribution < 1.29 is 18.7 Å². The molecule has 0 spiro atoms. The summed E-state index contributed by atoms with van der Waals surface area (Å²) < 4.78 is 16.8. The van der Waals surface area contributed by atoms with Gasteiger partial charge in [0.15, 0.2) is 11.5 Å². The molecule has 2 heterocycles. The Morgan fingerprint density at radius 3 is 2.58 bits per heavy atom. The summed E-state index contributed by atoms with van der Waals surface area (Å²) in [5.41, 5.74) is 2.99. The first kappa shape index (κ1) is 16.1. The van der Waals surface area contributed by atoms with E-state index in [-0.39, 0.29) is 12.6 Å². The number of nitrogens with one attached hydrogen (secondary N) is 1. The predicted octanol–water partition coefficient (Wildman–Crippen LogP) is 3.13. The number of para-hydroxylation sites is 2. The third kappa shape index (κ3) is 3.23. The van der Waals surface area contributed by atoms with E-state index >= 15 is 0 Å². The van der Waals surface area contributed by atoms with Crippen LogP contribution in [0.15, 0.2) is 46.9 Å². The van der Waals surface area contributed by atoms with Gasteiger partial charge in [-0.25, -0.2) is 0 Å². The molecule has 0 saturated heterocycles. The van der Waals surface area contributed by atoms with E-state index in [2.05, 4.69) is 21.6 Å². The summed E-state index contributed by atoms with van der Waals surface area (Å²) in [6, 6.07) is 13.2. The number of anilines is 1. The maximum absolute atomic E-state index is 12.4. The van der Waals surface area contributed by atoms with E-state index in [0.717, 1.165) is 16.7 Å². The first-order valence-electron chi connectivity index (χ1n) is 8.20. The van der Waals surface area contributed by atoms with Crippen molar-refractivity contribution in [2.45, 2.75) is 20.0 Å². The van der Waals surface area contributed by atoms with Crippen molar-refractivity contribution in [1.29, 1.82) is 0 Å². The molecule has 7 heteroatoms. The zero-order chi connectivity index (χ0) is 18.1. The highest BCUT2D eigenvalue weighted by atomic mass is 16.6. The van der Waals surface area contributed by atoms with Crippen LogP contribution in [0.5, 0.6) is 11.5 Å². The van der Waals surface area contributed by atoms with Crippen molar-refractivity contribution in [2.24, 2.45) is 0 Å². The largest absolute Gasteiger partial charge is 0.485 e. The molecule has 26 heavy (non-hydrogen) atoms. The standard InChI is InChI=1S/C19H17N3O4/c1-11-7-12(2)9-13(8-11)18-21-22-19(26-18)20-17(23)16-10-24-14-5-3-4-6-15(14)25-16/h3-9,16H,10H2,1-2H3,(H,20,22,23). The van der Waals surface area contributed by atoms with Gasteiger partial charge in [-0.05, 0) is 38.1 Å². The second-order valence-electron chi connectivity index (χ2n) is 6.14. The number of hydrogen-bond donors (Lipinski definition) is 1. The van der Waals surface area contributed by atoms with Gasteiger partial charge in [0.25, 0.3) is 5.91 Å². The average Bonchev–Trinajstić information content (AvgIpc) is 3.09. The molecule has 0 aliphatic carbocycles. The molecule has 1 aliphatic rings. The molecule has 4 rings (SSSR count). The van der Waals surface area contributed by atoms with Gasteiger partial charge in [0.1, 0.15) is 6.61 Å². The van der Waals surface area contributed by atoms with Gasteiger partial charge in [-0.15, -0.1) is 5.10 Å². The van der Waals surface area contributed by atoms with Gasteiger partial charge in [0.05, 0.1) is 0 Å². The molecule has 1 aliphatic heterocycles. The number of hydrogen-bond acceptors (Lipinski definition) is 6. The summed E-state index contributed by atoms with van der Waals surface area (Å²) in [6.07, 6.45) is -0.790. The van der Waals surface area contributed by atoms with E-state index in [1.54, 1.807) is 12.1 Å². The van der Waals surface area contributed by atoms with Crippen molar-refractivity contribution in [1.82, 2.24) is 10.2 Å². The number of benzene rings is 2. The highest BCUT2D eigenvalue weighted by molar-refractivity contribution is 5.93. The third-order valence-electron chi connectivity index (χ3n) is 3.92. The lowest BCUT2D eigenvalue weighted by Crippen LogP contribution is -2.40. The average molecular weight is 351 g/mol. The van der Waals surface area contributed by atoms with E-state index in [1.165, 1.54) is 0 Å². The van der Waals surface area contributed by atoms with Crippen LogP contribution in [0.1, 0.15) is 11.1 Å². The van der Waals surface area contributed by atoms with Crippen LogP contribution in [0.4, 0.5) is 6.01 Å². The van der Waals surface area contributed by atoms with Crippen LogP contribution in [-0.2, 0) is 4.79 Å². The Hall–Kier alpha value is -3.35. The fraction of sp³-hybridized carbons (Fsp3) is 0.211. The predicted molar refractivity (Wildman–Crippen MR) is 94.2 cm³/mol. The number of carbonyl (C=O) groups is 1. The Balaban J connectivity index is 1.47. The fourth-order valence-electron chi connectivity index (χ4n) is 2.82. The molecule has 0 bridgehead atoms. The van der Waals surface area contributed by atoms with E-state index in [9.17, 15) is 4.79 Å². The number of rotatable bonds is 3. The van der Waals surface area contributed by atoms with E-state index in [1.807, 2.05) is 38.1 Å². The Kier molecular flexibility index (Phi) is 4.04. The minimum atomic E-state index is -0.790. The van der Waals surface area contributed by atoms with Crippen molar-refractivity contribution in [3.8, 4) is 23.0 Å². The summed E-state index contributed by atoms with van der Waals surface area (Å²) in [4.78, 5) is 12.4. The Labute approximate surface area is 150 Å². The van der Waals surface area contributed by atoms with Crippen LogP contribution in [-0.4, -0.2) is 28.8 Å². The molecule has 2 aromatic carbocycles. The normalized spacial score (nSPS) is 15.5. The van der Waals surface area contributed by atoms with Crippen LogP contribution >= 0.6 is 0 Å². The highest BCUT2D eigenvalue weighted by Gasteiger charge is 2.28. The maximum Gasteiger partial charge on any atom is 0.322 e. The van der Waals surface area contributed by atoms with E-state index < -0.39 is 12.0 Å². The van der Waals surface area contributed by atoms with Crippen LogP contribution in [0.25, 0.3) is 11.5 Å². The maximum atomic E-state index is 12.4. The number of carbonyl (C=O) groups excluding carboxylic acids is 1. The molecule has 7 nitrogen and oxygen atoms in total. The number of amides is 1. The van der Waals surface area contributed by atoms with Gasteiger partial charge < -0.3 is 13.9 Å². The van der Waals surface area contributed by atoms with Gasteiger partial charge in [0, 0.05) is 5.56 Å². The SMILES string of the molecule is Cc1cc(C)cc(-c2nnc(NC(=O)C3COc4ccccc4O3)o2)c1. The summed E-state index contributed by atoms with van der Waals surface area (Å²) in [7, 11) is 0. The summed E-state index contributed by atoms with van der Waals surface area (Å²) in [6.45, 7) is 4.10. The second kappa shape index (κ2) is 6.51. The summed E-state index contributed by atoms with van der Waals surface area (Å²) >= 11 is 0. The molecular formula is C19H17N3O4. The third-order valence-corrected chi connectivity index (χ3v) is 3.92. The first-order valence-corrected chi connectivity index (χ1v) is 8.20. The van der Waals surface area contributed by atoms with Gasteiger partial charge in [0.2, 0.25) is 12.0 Å². The number of aromatic nitrogens is 2. The van der Waals surface area contributed by atoms with Gasteiger partial charge in [-0.3, -0.25) is 10.1 Å². The Bertz CT molecular complexity index is 947. The lowest BCUT2D eigenvalue weighted by Gasteiger charge is -2.24. The number of fused-ring (bicyclic) bond motifs is 1. The van der Waals surface area contributed by atoms with Crippen molar-refractivity contribution >= 4 is 11.9 Å². The molecule has 0 fully saturated rings. The summed E-state index contributed by atoms with van der Waals surface area (Å²) in [5, 5.41) is 10.5. The van der Waals surface area contributed by atoms with Crippen LogP contribution in [0.2, 0.25) is 0 Å².